The molecule has 0 unspecified atom stereocenters. The van der Waals surface area contributed by atoms with Gasteiger partial charge in [0.15, 0.2) is 5.11 Å². The zero-order chi connectivity index (χ0) is 12.0. The molecular weight excluding hydrogens is 295 g/mol. The Bertz CT molecular complexity index is 376. The van der Waals surface area contributed by atoms with Crippen molar-refractivity contribution in [3.8, 4) is 0 Å². The van der Waals surface area contributed by atoms with Crippen molar-refractivity contribution in [2.45, 2.75) is 0 Å². The fraction of sp³-hybridized carbons (Fsp3) is 0.300. The van der Waals surface area contributed by atoms with E-state index in [1.165, 1.54) is 12.1 Å². The smallest absolute Gasteiger partial charge is 0.170 e. The molecule has 0 aliphatic rings. The quantitative estimate of drug-likeness (QED) is 0.661. The minimum atomic E-state index is -0.314. The van der Waals surface area contributed by atoms with E-state index in [2.05, 4.69) is 26.6 Å². The topological polar surface area (TPSA) is 33.3 Å². The predicted octanol–water partition coefficient (Wildman–Crippen LogP) is 2.52. The van der Waals surface area contributed by atoms with Crippen molar-refractivity contribution in [3.05, 3.63) is 28.5 Å². The van der Waals surface area contributed by atoms with E-state index < -0.39 is 0 Å². The third-order valence-electron chi connectivity index (χ3n) is 1.77. The lowest BCUT2D eigenvalue weighted by Gasteiger charge is -2.11. The fourth-order valence-corrected chi connectivity index (χ4v) is 1.58. The molecule has 0 heterocycles. The van der Waals surface area contributed by atoms with E-state index in [1.807, 2.05) is 0 Å². The van der Waals surface area contributed by atoms with E-state index in [9.17, 15) is 4.39 Å². The minimum absolute atomic E-state index is 0.314. The van der Waals surface area contributed by atoms with Gasteiger partial charge < -0.3 is 15.4 Å². The highest BCUT2D eigenvalue weighted by atomic mass is 79.9. The molecule has 0 radical (unpaired) electrons. The number of hydrogen-bond acceptors (Lipinski definition) is 2. The van der Waals surface area contributed by atoms with Crippen LogP contribution < -0.4 is 10.6 Å². The van der Waals surface area contributed by atoms with Crippen molar-refractivity contribution in [1.29, 1.82) is 0 Å². The summed E-state index contributed by atoms with van der Waals surface area (Å²) in [6, 6.07) is 4.36. The molecule has 0 fully saturated rings. The van der Waals surface area contributed by atoms with Crippen LogP contribution in [0.5, 0.6) is 0 Å². The van der Waals surface area contributed by atoms with Gasteiger partial charge in [-0.2, -0.15) is 0 Å². The van der Waals surface area contributed by atoms with Gasteiger partial charge in [-0.1, -0.05) is 0 Å². The van der Waals surface area contributed by atoms with E-state index in [1.54, 1.807) is 13.2 Å². The molecular formula is C10H12BrFN2OS. The third kappa shape index (κ3) is 4.42. The first-order valence-corrected chi connectivity index (χ1v) is 5.82. The second-order valence-electron chi connectivity index (χ2n) is 3.00. The molecule has 88 valence electrons. The number of benzene rings is 1. The molecule has 1 rings (SSSR count). The highest BCUT2D eigenvalue weighted by Crippen LogP contribution is 2.22. The largest absolute Gasteiger partial charge is 0.383 e. The van der Waals surface area contributed by atoms with Crippen LogP contribution in [0.4, 0.5) is 10.1 Å². The third-order valence-corrected chi connectivity index (χ3v) is 2.71. The molecule has 0 atom stereocenters. The minimum Gasteiger partial charge on any atom is -0.383 e. The summed E-state index contributed by atoms with van der Waals surface area (Å²) in [4.78, 5) is 0. The first-order valence-electron chi connectivity index (χ1n) is 4.62. The zero-order valence-electron chi connectivity index (χ0n) is 8.72. The maximum atomic E-state index is 13.0. The Morgan fingerprint density at radius 2 is 2.31 bits per heavy atom. The van der Waals surface area contributed by atoms with Crippen LogP contribution in [0.15, 0.2) is 22.7 Å². The van der Waals surface area contributed by atoms with Gasteiger partial charge in [-0.05, 0) is 46.3 Å². The maximum absolute atomic E-state index is 13.0. The molecule has 0 aliphatic heterocycles. The number of anilines is 1. The number of ether oxygens (including phenoxy) is 1. The van der Waals surface area contributed by atoms with Crippen LogP contribution in [-0.4, -0.2) is 25.4 Å². The maximum Gasteiger partial charge on any atom is 0.170 e. The molecule has 0 aliphatic carbocycles. The van der Waals surface area contributed by atoms with Crippen LogP contribution in [0, 0.1) is 5.82 Å². The Balaban J connectivity index is 2.52. The molecule has 2 N–H and O–H groups in total. The molecule has 1 aromatic rings. The van der Waals surface area contributed by atoms with Gasteiger partial charge in [-0.25, -0.2) is 4.39 Å². The Hall–Kier alpha value is -0.720. The number of thiocarbonyl (C=S) groups is 1. The average Bonchev–Trinajstić information content (AvgIpc) is 2.24. The number of nitrogens with one attached hydrogen (secondary N) is 2. The van der Waals surface area contributed by atoms with Crippen molar-refractivity contribution >= 4 is 38.9 Å². The van der Waals surface area contributed by atoms with Gasteiger partial charge in [0.25, 0.3) is 0 Å². The molecule has 0 spiro atoms. The molecule has 0 amide bonds. The van der Waals surface area contributed by atoms with Crippen LogP contribution in [0.25, 0.3) is 0 Å². The molecule has 1 aromatic carbocycles. The molecule has 6 heteroatoms. The van der Waals surface area contributed by atoms with Crippen LogP contribution in [0.2, 0.25) is 0 Å². The van der Waals surface area contributed by atoms with Crippen LogP contribution >= 0.6 is 28.1 Å². The molecule has 16 heavy (non-hydrogen) atoms. The second-order valence-corrected chi connectivity index (χ2v) is 4.26. The van der Waals surface area contributed by atoms with Gasteiger partial charge in [0.2, 0.25) is 0 Å². The summed E-state index contributed by atoms with van der Waals surface area (Å²) >= 11 is 8.33. The molecule has 0 bridgehead atoms. The number of halogens is 2. The fourth-order valence-electron chi connectivity index (χ4n) is 1.03. The number of rotatable bonds is 4. The highest BCUT2D eigenvalue weighted by Gasteiger charge is 2.03. The zero-order valence-corrected chi connectivity index (χ0v) is 11.1. The summed E-state index contributed by atoms with van der Waals surface area (Å²) in [7, 11) is 1.61. The van der Waals surface area contributed by atoms with Gasteiger partial charge in [0.05, 0.1) is 12.3 Å². The Labute approximate surface area is 107 Å². The summed E-state index contributed by atoms with van der Waals surface area (Å²) in [5.74, 6) is -0.314. The second kappa shape index (κ2) is 6.78. The van der Waals surface area contributed by atoms with Crippen LogP contribution in [0.1, 0.15) is 0 Å². The van der Waals surface area contributed by atoms with E-state index in [4.69, 9.17) is 17.0 Å². The Morgan fingerprint density at radius 3 is 3.00 bits per heavy atom. The Morgan fingerprint density at radius 1 is 1.56 bits per heavy atom. The summed E-state index contributed by atoms with van der Waals surface area (Å²) in [5, 5.41) is 6.25. The van der Waals surface area contributed by atoms with Crippen molar-refractivity contribution in [3.63, 3.8) is 0 Å². The van der Waals surface area contributed by atoms with Gasteiger partial charge in [0.1, 0.15) is 5.82 Å². The van der Waals surface area contributed by atoms with E-state index in [0.717, 1.165) is 4.47 Å². The van der Waals surface area contributed by atoms with E-state index in [0.29, 0.717) is 24.0 Å². The van der Waals surface area contributed by atoms with Crippen molar-refractivity contribution in [2.24, 2.45) is 0 Å². The summed E-state index contributed by atoms with van der Waals surface area (Å²) in [6.45, 7) is 1.17. The highest BCUT2D eigenvalue weighted by molar-refractivity contribution is 9.10. The lowest BCUT2D eigenvalue weighted by atomic mass is 10.3. The predicted molar refractivity (Wildman–Crippen MR) is 70.2 cm³/mol. The molecule has 0 saturated heterocycles. The van der Waals surface area contributed by atoms with E-state index >= 15 is 0 Å². The van der Waals surface area contributed by atoms with Gasteiger partial charge in [0, 0.05) is 18.1 Å². The molecule has 0 saturated carbocycles. The lowest BCUT2D eigenvalue weighted by Crippen LogP contribution is -2.31. The van der Waals surface area contributed by atoms with Crippen molar-refractivity contribution < 1.29 is 9.13 Å². The number of methoxy groups -OCH3 is 1. The first kappa shape index (κ1) is 13.3. The van der Waals surface area contributed by atoms with Crippen molar-refractivity contribution in [2.75, 3.05) is 25.6 Å². The van der Waals surface area contributed by atoms with Gasteiger partial charge >= 0.3 is 0 Å². The van der Waals surface area contributed by atoms with E-state index in [-0.39, 0.29) is 5.82 Å². The average molecular weight is 307 g/mol. The summed E-state index contributed by atoms with van der Waals surface area (Å²) in [6.07, 6.45) is 0. The van der Waals surface area contributed by atoms with Crippen LogP contribution in [0.3, 0.4) is 0 Å². The first-order chi connectivity index (χ1) is 7.63. The molecule has 0 aromatic heterocycles. The normalized spacial score (nSPS) is 9.94. The van der Waals surface area contributed by atoms with Gasteiger partial charge in [-0.3, -0.25) is 0 Å². The van der Waals surface area contributed by atoms with Crippen LogP contribution in [-0.2, 0) is 4.74 Å². The SMILES string of the molecule is COCCNC(=S)Nc1cc(F)ccc1Br. The molecule has 3 nitrogen and oxygen atoms in total. The standard InChI is InChI=1S/C10H12BrFN2OS/c1-15-5-4-13-10(16)14-9-6-7(12)2-3-8(9)11/h2-3,6H,4-5H2,1H3,(H2,13,14,16). The monoisotopic (exact) mass is 306 g/mol. The van der Waals surface area contributed by atoms with Gasteiger partial charge in [-0.15, -0.1) is 0 Å². The summed E-state index contributed by atoms with van der Waals surface area (Å²) < 4.78 is 18.6. The lowest BCUT2D eigenvalue weighted by molar-refractivity contribution is 0.204. The Kier molecular flexibility index (Phi) is 5.65. The number of hydrogen-bond donors (Lipinski definition) is 2. The van der Waals surface area contributed by atoms with Crippen molar-refractivity contribution in [1.82, 2.24) is 5.32 Å². The summed E-state index contributed by atoms with van der Waals surface area (Å²) in [5.41, 5.74) is 0.593.